The maximum absolute atomic E-state index is 11.6. The minimum atomic E-state index is -3.26. The number of benzene rings is 2. The van der Waals surface area contributed by atoms with Crippen LogP contribution in [0.5, 0.6) is 5.75 Å². The van der Waals surface area contributed by atoms with Crippen LogP contribution < -0.4 is 20.1 Å². The van der Waals surface area contributed by atoms with Crippen LogP contribution in [0, 0.1) is 0 Å². The zero-order valence-corrected chi connectivity index (χ0v) is 18.1. The maximum atomic E-state index is 11.6. The molecule has 29 heavy (non-hydrogen) atoms. The Hall–Kier alpha value is -2.58. The fraction of sp³-hybridized carbons (Fsp3) is 0.381. The van der Waals surface area contributed by atoms with Gasteiger partial charge in [0.15, 0.2) is 5.96 Å². The number of hydrogen-bond acceptors (Lipinski definition) is 4. The van der Waals surface area contributed by atoms with Crippen LogP contribution >= 0.6 is 0 Å². The molecule has 2 aromatic carbocycles. The van der Waals surface area contributed by atoms with Gasteiger partial charge in [-0.2, -0.15) is 0 Å². The summed E-state index contributed by atoms with van der Waals surface area (Å²) < 4.78 is 31.0. The maximum Gasteiger partial charge on any atom is 0.215 e. The van der Waals surface area contributed by atoms with Gasteiger partial charge in [0, 0.05) is 13.1 Å². The monoisotopic (exact) mass is 418 g/mol. The van der Waals surface area contributed by atoms with Gasteiger partial charge in [0.2, 0.25) is 10.0 Å². The van der Waals surface area contributed by atoms with Gasteiger partial charge in [-0.1, -0.05) is 42.5 Å². The molecular formula is C21H30N4O3S. The molecule has 7 nitrogen and oxygen atoms in total. The predicted molar refractivity (Wildman–Crippen MR) is 118 cm³/mol. The van der Waals surface area contributed by atoms with Crippen molar-refractivity contribution in [2.24, 2.45) is 4.99 Å². The lowest BCUT2D eigenvalue weighted by atomic mass is 10.1. The summed E-state index contributed by atoms with van der Waals surface area (Å²) >= 11 is 0. The van der Waals surface area contributed by atoms with Crippen molar-refractivity contribution in [3.05, 3.63) is 65.2 Å². The number of nitrogens with one attached hydrogen (secondary N) is 3. The van der Waals surface area contributed by atoms with E-state index in [2.05, 4.69) is 26.4 Å². The molecule has 2 rings (SSSR count). The molecule has 0 amide bonds. The molecule has 0 bridgehead atoms. The molecule has 0 saturated heterocycles. The predicted octanol–water partition coefficient (Wildman–Crippen LogP) is 2.04. The Morgan fingerprint density at radius 3 is 2.38 bits per heavy atom. The molecule has 0 aromatic heterocycles. The van der Waals surface area contributed by atoms with E-state index in [9.17, 15) is 8.42 Å². The van der Waals surface area contributed by atoms with Gasteiger partial charge >= 0.3 is 0 Å². The second-order valence-corrected chi connectivity index (χ2v) is 8.39. The molecule has 0 fully saturated rings. The van der Waals surface area contributed by atoms with Crippen molar-refractivity contribution < 1.29 is 13.2 Å². The fourth-order valence-corrected chi connectivity index (χ4v) is 3.55. The zero-order chi connectivity index (χ0) is 21.1. The third-order valence-electron chi connectivity index (χ3n) is 4.33. The van der Waals surface area contributed by atoms with Crippen molar-refractivity contribution in [3.8, 4) is 5.75 Å². The first-order valence-corrected chi connectivity index (χ1v) is 11.3. The van der Waals surface area contributed by atoms with E-state index in [1.807, 2.05) is 49.4 Å². The van der Waals surface area contributed by atoms with Gasteiger partial charge in [0.25, 0.3) is 0 Å². The summed E-state index contributed by atoms with van der Waals surface area (Å²) in [5.74, 6) is 1.60. The van der Waals surface area contributed by atoms with Crippen LogP contribution in [0.2, 0.25) is 0 Å². The first-order chi connectivity index (χ1) is 14.0. The highest BCUT2D eigenvalue weighted by atomic mass is 32.2. The third-order valence-corrected chi connectivity index (χ3v) is 5.67. The number of ether oxygens (including phenoxy) is 1. The van der Waals surface area contributed by atoms with Gasteiger partial charge in [-0.15, -0.1) is 0 Å². The highest BCUT2D eigenvalue weighted by molar-refractivity contribution is 7.88. The summed E-state index contributed by atoms with van der Waals surface area (Å²) in [6.45, 7) is 4.02. The average molecular weight is 419 g/mol. The lowest BCUT2D eigenvalue weighted by Crippen LogP contribution is -2.38. The Balaban J connectivity index is 1.92. The minimum Gasteiger partial charge on any atom is -0.496 e. The number of hydrogen-bond donors (Lipinski definition) is 3. The molecule has 0 aliphatic heterocycles. The summed E-state index contributed by atoms with van der Waals surface area (Å²) in [5, 5.41) is 6.57. The van der Waals surface area contributed by atoms with E-state index >= 15 is 0 Å². The van der Waals surface area contributed by atoms with Crippen LogP contribution in [0.1, 0.15) is 23.6 Å². The standard InChI is InChI=1S/C21H30N4O3S/c1-4-23-21(24-14-13-19-7-5-6-8-20(19)28-3)25-15-17-9-11-18(12-10-17)16-29(26,27)22-2/h5-12,22H,4,13-16H2,1-3H3,(H2,23,24,25). The van der Waals surface area contributed by atoms with Crippen LogP contribution in [-0.2, 0) is 28.7 Å². The molecule has 2 aromatic rings. The second kappa shape index (κ2) is 11.4. The summed E-state index contributed by atoms with van der Waals surface area (Å²) in [5.41, 5.74) is 2.90. The van der Waals surface area contributed by atoms with Gasteiger partial charge in [0.05, 0.1) is 19.4 Å². The molecule has 0 aliphatic carbocycles. The van der Waals surface area contributed by atoms with E-state index in [0.717, 1.165) is 47.9 Å². The Morgan fingerprint density at radius 2 is 1.72 bits per heavy atom. The number of rotatable bonds is 10. The van der Waals surface area contributed by atoms with Crippen LogP contribution in [0.4, 0.5) is 0 Å². The number of sulfonamides is 1. The third kappa shape index (κ3) is 7.75. The minimum absolute atomic E-state index is 0.0276. The van der Waals surface area contributed by atoms with Crippen LogP contribution in [0.3, 0.4) is 0 Å². The van der Waals surface area contributed by atoms with E-state index < -0.39 is 10.0 Å². The normalized spacial score (nSPS) is 11.9. The molecule has 0 unspecified atom stereocenters. The number of aliphatic imine (C=N–C) groups is 1. The quantitative estimate of drug-likeness (QED) is 0.406. The molecule has 0 radical (unpaired) electrons. The molecular weight excluding hydrogens is 388 g/mol. The summed E-state index contributed by atoms with van der Waals surface area (Å²) in [7, 11) is -0.167. The Morgan fingerprint density at radius 1 is 1.03 bits per heavy atom. The van der Waals surface area contributed by atoms with Crippen LogP contribution in [0.25, 0.3) is 0 Å². The van der Waals surface area contributed by atoms with E-state index in [-0.39, 0.29) is 5.75 Å². The molecule has 0 heterocycles. The SMILES string of the molecule is CCNC(=NCc1ccc(CS(=O)(=O)NC)cc1)NCCc1ccccc1OC. The van der Waals surface area contributed by atoms with E-state index in [1.54, 1.807) is 7.11 Å². The molecule has 0 saturated carbocycles. The Bertz CT molecular complexity index is 896. The van der Waals surface area contributed by atoms with Crippen LogP contribution in [0.15, 0.2) is 53.5 Å². The lowest BCUT2D eigenvalue weighted by Gasteiger charge is -2.13. The topological polar surface area (TPSA) is 91.8 Å². The number of nitrogens with zero attached hydrogens (tertiary/aromatic N) is 1. The van der Waals surface area contributed by atoms with Crippen molar-refractivity contribution in [3.63, 3.8) is 0 Å². The van der Waals surface area contributed by atoms with E-state index in [4.69, 9.17) is 4.74 Å². The van der Waals surface area contributed by atoms with Crippen molar-refractivity contribution >= 4 is 16.0 Å². The van der Waals surface area contributed by atoms with E-state index in [0.29, 0.717) is 6.54 Å². The molecule has 0 aliphatic rings. The molecule has 158 valence electrons. The molecule has 3 N–H and O–H groups in total. The first kappa shape index (κ1) is 22.7. The summed E-state index contributed by atoms with van der Waals surface area (Å²) in [6.07, 6.45) is 0.822. The van der Waals surface area contributed by atoms with Gasteiger partial charge < -0.3 is 15.4 Å². The van der Waals surface area contributed by atoms with Crippen molar-refractivity contribution in [1.82, 2.24) is 15.4 Å². The summed E-state index contributed by atoms with van der Waals surface area (Å²) in [4.78, 5) is 4.61. The largest absolute Gasteiger partial charge is 0.496 e. The molecule has 0 atom stereocenters. The Kier molecular flexibility index (Phi) is 8.95. The highest BCUT2D eigenvalue weighted by Crippen LogP contribution is 2.17. The van der Waals surface area contributed by atoms with Crippen LogP contribution in [-0.4, -0.2) is 41.6 Å². The van der Waals surface area contributed by atoms with Gasteiger partial charge in [-0.25, -0.2) is 18.1 Å². The van der Waals surface area contributed by atoms with Crippen molar-refractivity contribution in [2.45, 2.75) is 25.6 Å². The fourth-order valence-electron chi connectivity index (χ4n) is 2.77. The van der Waals surface area contributed by atoms with Crippen molar-refractivity contribution in [1.29, 1.82) is 0 Å². The lowest BCUT2D eigenvalue weighted by molar-refractivity contribution is 0.409. The highest BCUT2D eigenvalue weighted by Gasteiger charge is 2.08. The number of methoxy groups -OCH3 is 1. The van der Waals surface area contributed by atoms with Gasteiger partial charge in [0.1, 0.15) is 5.75 Å². The number of guanidine groups is 1. The summed E-state index contributed by atoms with van der Waals surface area (Å²) in [6, 6.07) is 15.4. The van der Waals surface area contributed by atoms with Crippen molar-refractivity contribution in [2.75, 3.05) is 27.2 Å². The van der Waals surface area contributed by atoms with Gasteiger partial charge in [-0.05, 0) is 43.1 Å². The smallest absolute Gasteiger partial charge is 0.215 e. The van der Waals surface area contributed by atoms with E-state index in [1.165, 1.54) is 7.05 Å². The average Bonchev–Trinajstić information content (AvgIpc) is 2.73. The molecule has 8 heteroatoms. The second-order valence-electron chi connectivity index (χ2n) is 6.46. The first-order valence-electron chi connectivity index (χ1n) is 9.60. The van der Waals surface area contributed by atoms with Gasteiger partial charge in [-0.3, -0.25) is 0 Å². The number of para-hydroxylation sites is 1. The zero-order valence-electron chi connectivity index (χ0n) is 17.2. The Labute approximate surface area is 173 Å². The molecule has 0 spiro atoms.